The molecule has 6 atom stereocenters. The average molecular weight is 785 g/mol. The van der Waals surface area contributed by atoms with Gasteiger partial charge >= 0.3 is 35.0 Å². The van der Waals surface area contributed by atoms with E-state index in [1.807, 2.05) is 45.1 Å². The van der Waals surface area contributed by atoms with Crippen LogP contribution >= 0.6 is 0 Å². The van der Waals surface area contributed by atoms with Crippen LogP contribution in [0.2, 0.25) is 0 Å². The standard InChI is InChI=1S/C46H58N4O6.Mg/c1-11-23(3)14-13-15-24(4)18-19-56-38(52)17-16-31-26(6)33-20-34-27(7)39(29(9)51)37(48-34)22-32-25(5)30(12-2)36(47-32)21-35-28(8)40-44(50-35)41(43(31)49-33)42(45(40)53)46(54)55-10;/h18,20-23,25-26,30-31,42H,11-17,19H2,1-10H3,(H2-2,47,48,49,50,51,53);/q-2;+2/p-2/b24-18+,33-20-,36-21-;/t23-,25-,26+,30-,31+,42-;/m1./s1. The molecule has 1 aliphatic carbocycles. The third-order valence-corrected chi connectivity index (χ3v) is 12.6. The van der Waals surface area contributed by atoms with Gasteiger partial charge < -0.3 is 30.1 Å². The second-order valence-electron chi connectivity index (χ2n) is 16.2. The van der Waals surface area contributed by atoms with E-state index in [2.05, 4.69) is 34.6 Å². The van der Waals surface area contributed by atoms with E-state index in [-0.39, 0.29) is 77.3 Å². The van der Waals surface area contributed by atoms with Gasteiger partial charge in [0.25, 0.3) is 0 Å². The molecule has 57 heavy (non-hydrogen) atoms. The minimum atomic E-state index is -1.24. The number of Topliss-reactive ketones (excluding diaryl/α,β-unsaturated/α-hetero) is 2. The van der Waals surface area contributed by atoms with Crippen molar-refractivity contribution in [3.8, 4) is 0 Å². The molecule has 0 amide bonds. The second kappa shape index (κ2) is 18.2. The molecule has 0 saturated carbocycles. The summed E-state index contributed by atoms with van der Waals surface area (Å²) in [6.07, 6.45) is 13.5. The number of nitrogens with zero attached hydrogens (tertiary/aromatic N) is 4. The summed E-state index contributed by atoms with van der Waals surface area (Å²) in [5.41, 5.74) is 9.05. The Labute approximate surface area is 354 Å². The SMILES string of the molecule is CC[C@@H](C)CCC/C(C)=C/COC(=O)CC[C@@H]1/C2=C3/c4[n-]c(c(C)c4C(=O)[C@@H]3C(=O)OC)/C=C3\[N-]/C(=C\c4[n-]c(c(C)c4C(C)=O)/C=C(\[N-]2)[C@H]1C)[C@H](C)[C@H]3CC.[Mg+2]. The van der Waals surface area contributed by atoms with E-state index in [0.717, 1.165) is 36.2 Å². The molecule has 8 bridgehead atoms. The Kier molecular flexibility index (Phi) is 14.1. The van der Waals surface area contributed by atoms with Gasteiger partial charge in [-0.3, -0.25) is 19.2 Å². The van der Waals surface area contributed by atoms with Crippen LogP contribution in [0.15, 0.2) is 34.4 Å². The predicted molar refractivity (Wildman–Crippen MR) is 225 cm³/mol. The van der Waals surface area contributed by atoms with E-state index in [1.54, 1.807) is 6.92 Å². The normalized spacial score (nSPS) is 26.9. The number of hydrogen-bond acceptors (Lipinski definition) is 6. The number of esters is 2. The number of methoxy groups -OCH3 is 1. The zero-order chi connectivity index (χ0) is 40.6. The Hall–Kier alpha value is -4.09. The first kappa shape index (κ1) is 44.0. The van der Waals surface area contributed by atoms with Gasteiger partial charge in [-0.25, -0.2) is 0 Å². The minimum Gasteiger partial charge on any atom is -0.664 e. The summed E-state index contributed by atoms with van der Waals surface area (Å²) in [6, 6.07) is 0. The van der Waals surface area contributed by atoms with Crippen LogP contribution < -0.4 is 9.97 Å². The van der Waals surface area contributed by atoms with Crippen molar-refractivity contribution in [3.63, 3.8) is 0 Å². The van der Waals surface area contributed by atoms with Gasteiger partial charge in [-0.05, 0) is 82.6 Å². The summed E-state index contributed by atoms with van der Waals surface area (Å²) < 4.78 is 10.9. The number of carbonyl (C=O) groups is 4. The number of rotatable bonds is 13. The van der Waals surface area contributed by atoms with Crippen molar-refractivity contribution < 1.29 is 28.7 Å². The molecule has 0 aromatic carbocycles. The molecule has 5 heterocycles. The third-order valence-electron chi connectivity index (χ3n) is 12.6. The Morgan fingerprint density at radius 1 is 0.877 bits per heavy atom. The van der Waals surface area contributed by atoms with Crippen LogP contribution in [-0.4, -0.2) is 60.3 Å². The fourth-order valence-corrected chi connectivity index (χ4v) is 8.82. The number of allylic oxidation sites excluding steroid dienone is 5. The number of ether oxygens (including phenoxy) is 2. The summed E-state index contributed by atoms with van der Waals surface area (Å²) >= 11 is 0. The summed E-state index contributed by atoms with van der Waals surface area (Å²) in [4.78, 5) is 64.2. The second-order valence-corrected chi connectivity index (χ2v) is 16.2. The van der Waals surface area contributed by atoms with Gasteiger partial charge in [0.05, 0.1) is 7.11 Å². The summed E-state index contributed by atoms with van der Waals surface area (Å²) in [5, 5.41) is 10.2. The fourth-order valence-electron chi connectivity index (χ4n) is 8.82. The van der Waals surface area contributed by atoms with Gasteiger partial charge in [-0.1, -0.05) is 94.4 Å². The van der Waals surface area contributed by atoms with E-state index in [0.29, 0.717) is 68.8 Å². The van der Waals surface area contributed by atoms with E-state index in [1.165, 1.54) is 25.5 Å². The molecule has 2 saturated heterocycles. The van der Waals surface area contributed by atoms with Crippen molar-refractivity contribution in [2.24, 2.45) is 35.5 Å². The first-order valence-electron chi connectivity index (χ1n) is 20.3. The van der Waals surface area contributed by atoms with E-state index >= 15 is 0 Å². The van der Waals surface area contributed by atoms with Crippen LogP contribution in [-0.2, 0) is 19.1 Å². The maximum Gasteiger partial charge on any atom is 2.00 e. The van der Waals surface area contributed by atoms with E-state index < -0.39 is 11.9 Å². The number of hydrogen-bond donors (Lipinski definition) is 0. The van der Waals surface area contributed by atoms with Crippen LogP contribution in [0.25, 0.3) is 34.4 Å². The zero-order valence-electron chi connectivity index (χ0n) is 35.4. The molecule has 2 aromatic rings. The van der Waals surface area contributed by atoms with Crippen LogP contribution in [0, 0.1) is 49.4 Å². The molecule has 2 aromatic heterocycles. The zero-order valence-corrected chi connectivity index (χ0v) is 36.8. The fraction of sp³-hybridized carbons (Fsp3) is 0.522. The first-order chi connectivity index (χ1) is 26.7. The van der Waals surface area contributed by atoms with Gasteiger partial charge in [-0.15, -0.1) is 22.8 Å². The topological polar surface area (TPSA) is 143 Å². The largest absolute Gasteiger partial charge is 2.00 e. The minimum absolute atomic E-state index is 0. The Morgan fingerprint density at radius 2 is 1.53 bits per heavy atom. The van der Waals surface area contributed by atoms with Gasteiger partial charge in [0.1, 0.15) is 12.5 Å². The number of carbonyl (C=O) groups excluding carboxylic acids is 4. The number of aromatic nitrogens is 2. The molecule has 4 aliphatic rings. The van der Waals surface area contributed by atoms with Crippen molar-refractivity contribution >= 4 is 70.4 Å². The molecule has 0 spiro atoms. The monoisotopic (exact) mass is 784 g/mol. The third kappa shape index (κ3) is 8.56. The Balaban J connectivity index is 0.00000620. The van der Waals surface area contributed by atoms with Crippen LogP contribution in [0.5, 0.6) is 0 Å². The molecule has 11 heteroatoms. The molecule has 0 unspecified atom stereocenters. The molecule has 3 aliphatic heterocycles. The van der Waals surface area contributed by atoms with E-state index in [4.69, 9.17) is 30.1 Å². The van der Waals surface area contributed by atoms with Crippen LogP contribution in [0.3, 0.4) is 0 Å². The molecule has 6 rings (SSSR count). The van der Waals surface area contributed by atoms with Gasteiger partial charge in [0.2, 0.25) is 0 Å². The van der Waals surface area contributed by atoms with Crippen LogP contribution in [0.4, 0.5) is 0 Å². The average Bonchev–Trinajstić information content (AvgIpc) is 3.90. The Morgan fingerprint density at radius 3 is 2.19 bits per heavy atom. The van der Waals surface area contributed by atoms with Crippen molar-refractivity contribution in [2.45, 2.75) is 107 Å². The molecule has 300 valence electrons. The van der Waals surface area contributed by atoms with Gasteiger partial charge in [0, 0.05) is 17.5 Å². The van der Waals surface area contributed by atoms with Crippen molar-refractivity contribution in [1.82, 2.24) is 9.97 Å². The van der Waals surface area contributed by atoms with Gasteiger partial charge in [-0.2, -0.15) is 22.8 Å². The van der Waals surface area contributed by atoms with Crippen molar-refractivity contribution in [3.05, 3.63) is 90.1 Å². The maximum absolute atomic E-state index is 14.3. The molecule has 2 fully saturated rings. The van der Waals surface area contributed by atoms with Crippen LogP contribution in [0.1, 0.15) is 148 Å². The van der Waals surface area contributed by atoms with Crippen molar-refractivity contribution in [1.29, 1.82) is 0 Å². The smallest absolute Gasteiger partial charge is 0.664 e. The van der Waals surface area contributed by atoms with Gasteiger partial charge in [0.15, 0.2) is 11.6 Å². The van der Waals surface area contributed by atoms with Crippen molar-refractivity contribution in [2.75, 3.05) is 13.7 Å². The molecule has 0 radical (unpaired) electrons. The molecule has 0 N–H and O–H groups in total. The summed E-state index contributed by atoms with van der Waals surface area (Å²) in [6.45, 7) is 18.3. The quantitative estimate of drug-likeness (QED) is 0.0642. The molecule has 10 nitrogen and oxygen atoms in total. The Bertz CT molecular complexity index is 2090. The summed E-state index contributed by atoms with van der Waals surface area (Å²) in [5.74, 6) is -2.47. The number of fused-ring (bicyclic) bond motifs is 7. The van der Waals surface area contributed by atoms with E-state index in [9.17, 15) is 19.2 Å². The molecular weight excluding hydrogens is 729 g/mol. The molecular formula is C46H56MgN4O6-2. The maximum atomic E-state index is 14.3. The first-order valence-corrected chi connectivity index (χ1v) is 20.3. The number of ketones is 2. The predicted octanol–water partition coefficient (Wildman–Crippen LogP) is 9.65. The summed E-state index contributed by atoms with van der Waals surface area (Å²) in [7, 11) is 1.28.